The van der Waals surface area contributed by atoms with Gasteiger partial charge in [0.05, 0.1) is 16.3 Å². The van der Waals surface area contributed by atoms with Crippen LogP contribution in [0.3, 0.4) is 0 Å². The third-order valence-electron chi connectivity index (χ3n) is 4.14. The summed E-state index contributed by atoms with van der Waals surface area (Å²) in [5.74, 6) is -0.778. The van der Waals surface area contributed by atoms with Gasteiger partial charge in [-0.05, 0) is 31.2 Å². The zero-order valence-corrected chi connectivity index (χ0v) is 15.0. The summed E-state index contributed by atoms with van der Waals surface area (Å²) in [5.41, 5.74) is 1.12. The van der Waals surface area contributed by atoms with Gasteiger partial charge in [-0.25, -0.2) is 19.5 Å². The summed E-state index contributed by atoms with van der Waals surface area (Å²) in [6.07, 6.45) is 1.43. The molecule has 8 heteroatoms. The number of pyridine rings is 1. The van der Waals surface area contributed by atoms with E-state index in [-0.39, 0.29) is 17.3 Å². The molecule has 2 N–H and O–H groups in total. The number of nitrogens with one attached hydrogen (secondary N) is 1. The van der Waals surface area contributed by atoms with Crippen LogP contribution in [0.1, 0.15) is 15.9 Å². The highest BCUT2D eigenvalue weighted by atomic mass is 35.5. The molecule has 0 atom stereocenters. The molecule has 1 fully saturated rings. The number of aromatic carboxylic acids is 1. The Kier molecular flexibility index (Phi) is 5.39. The van der Waals surface area contributed by atoms with E-state index in [2.05, 4.69) is 10.3 Å². The number of hydrogen-bond donors (Lipinski definition) is 2. The minimum Gasteiger partial charge on any atom is -0.478 e. The Balaban J connectivity index is 2.10. The third-order valence-corrected chi connectivity index (χ3v) is 4.37. The second-order valence-electron chi connectivity index (χ2n) is 6.02. The molecule has 1 aliphatic heterocycles. The first-order valence-corrected chi connectivity index (χ1v) is 8.60. The SMILES string of the molecule is Cc1ccc(N(C(=O)N2CCNCC2)c2ccc(Cl)cn2)c(C(=O)O)c1. The van der Waals surface area contributed by atoms with Gasteiger partial charge in [-0.15, -0.1) is 0 Å². The first-order valence-electron chi connectivity index (χ1n) is 8.22. The van der Waals surface area contributed by atoms with Crippen molar-refractivity contribution in [3.8, 4) is 0 Å². The molecule has 0 saturated carbocycles. The summed E-state index contributed by atoms with van der Waals surface area (Å²) >= 11 is 5.91. The highest BCUT2D eigenvalue weighted by Crippen LogP contribution is 2.30. The number of carboxylic acid groups (broad SMARTS) is 1. The van der Waals surface area contributed by atoms with Crippen molar-refractivity contribution in [1.82, 2.24) is 15.2 Å². The number of halogens is 1. The Bertz CT molecular complexity index is 820. The minimum absolute atomic E-state index is 0.0465. The second kappa shape index (κ2) is 7.72. The molecule has 1 aromatic heterocycles. The van der Waals surface area contributed by atoms with E-state index in [1.54, 1.807) is 42.2 Å². The number of nitrogens with zero attached hydrogens (tertiary/aromatic N) is 3. The average Bonchev–Trinajstić information content (AvgIpc) is 2.65. The van der Waals surface area contributed by atoms with Crippen molar-refractivity contribution in [1.29, 1.82) is 0 Å². The van der Waals surface area contributed by atoms with Crippen LogP contribution >= 0.6 is 11.6 Å². The fourth-order valence-electron chi connectivity index (χ4n) is 2.84. The van der Waals surface area contributed by atoms with Gasteiger partial charge in [-0.3, -0.25) is 0 Å². The largest absolute Gasteiger partial charge is 0.478 e. The number of piperazine rings is 1. The molecule has 0 bridgehead atoms. The van der Waals surface area contributed by atoms with Gasteiger partial charge in [0.15, 0.2) is 0 Å². The molecule has 2 amide bonds. The molecule has 136 valence electrons. The fourth-order valence-corrected chi connectivity index (χ4v) is 2.95. The smallest absolute Gasteiger partial charge is 0.337 e. The number of benzene rings is 1. The molecule has 1 saturated heterocycles. The van der Waals surface area contributed by atoms with Crippen LogP contribution in [0.15, 0.2) is 36.5 Å². The van der Waals surface area contributed by atoms with Crippen LogP contribution in [0.4, 0.5) is 16.3 Å². The lowest BCUT2D eigenvalue weighted by molar-refractivity contribution is 0.0697. The van der Waals surface area contributed by atoms with E-state index in [4.69, 9.17) is 11.6 Å². The molecule has 3 rings (SSSR count). The van der Waals surface area contributed by atoms with Crippen LogP contribution in [0.2, 0.25) is 5.02 Å². The highest BCUT2D eigenvalue weighted by molar-refractivity contribution is 6.30. The predicted octanol–water partition coefficient (Wildman–Crippen LogP) is 2.90. The maximum atomic E-state index is 13.2. The lowest BCUT2D eigenvalue weighted by Crippen LogP contribution is -2.50. The Morgan fingerprint density at radius 3 is 2.58 bits per heavy atom. The van der Waals surface area contributed by atoms with Crippen molar-refractivity contribution < 1.29 is 14.7 Å². The van der Waals surface area contributed by atoms with E-state index in [1.165, 1.54) is 11.1 Å². The first kappa shape index (κ1) is 18.2. The molecule has 7 nitrogen and oxygen atoms in total. The number of aromatic nitrogens is 1. The van der Waals surface area contributed by atoms with E-state index >= 15 is 0 Å². The first-order chi connectivity index (χ1) is 12.5. The maximum Gasteiger partial charge on any atom is 0.337 e. The number of carbonyl (C=O) groups is 2. The van der Waals surface area contributed by atoms with Crippen molar-refractivity contribution >= 4 is 35.1 Å². The average molecular weight is 375 g/mol. The van der Waals surface area contributed by atoms with E-state index in [1.807, 2.05) is 0 Å². The number of carbonyl (C=O) groups excluding carboxylic acids is 1. The van der Waals surface area contributed by atoms with Crippen molar-refractivity contribution in [2.75, 3.05) is 31.1 Å². The molecule has 1 aliphatic rings. The lowest BCUT2D eigenvalue weighted by Gasteiger charge is -2.33. The summed E-state index contributed by atoms with van der Waals surface area (Å²) in [4.78, 5) is 32.2. The molecular formula is C18H19ClN4O3. The number of rotatable bonds is 3. The number of aryl methyl sites for hydroxylation is 1. The fraction of sp³-hybridized carbons (Fsp3) is 0.278. The van der Waals surface area contributed by atoms with E-state index in [9.17, 15) is 14.7 Å². The van der Waals surface area contributed by atoms with Gasteiger partial charge in [0.2, 0.25) is 0 Å². The Morgan fingerprint density at radius 1 is 1.23 bits per heavy atom. The van der Waals surface area contributed by atoms with Crippen molar-refractivity contribution in [3.05, 3.63) is 52.7 Å². The van der Waals surface area contributed by atoms with Crippen molar-refractivity contribution in [2.45, 2.75) is 6.92 Å². The predicted molar refractivity (Wildman–Crippen MR) is 99.4 cm³/mol. The van der Waals surface area contributed by atoms with Crippen LogP contribution in [-0.4, -0.2) is 53.2 Å². The number of urea groups is 1. The van der Waals surface area contributed by atoms with E-state index in [0.717, 1.165) is 5.56 Å². The number of carboxylic acids is 1. The van der Waals surface area contributed by atoms with Gasteiger partial charge >= 0.3 is 12.0 Å². The van der Waals surface area contributed by atoms with Crippen LogP contribution in [0.25, 0.3) is 0 Å². The zero-order chi connectivity index (χ0) is 18.7. The van der Waals surface area contributed by atoms with Crippen molar-refractivity contribution in [2.24, 2.45) is 0 Å². The third kappa shape index (κ3) is 3.79. The van der Waals surface area contributed by atoms with Crippen molar-refractivity contribution in [3.63, 3.8) is 0 Å². The molecule has 0 aliphatic carbocycles. The van der Waals surface area contributed by atoms with Crippen LogP contribution < -0.4 is 10.2 Å². The van der Waals surface area contributed by atoms with Gasteiger partial charge in [-0.2, -0.15) is 0 Å². The zero-order valence-electron chi connectivity index (χ0n) is 14.3. The van der Waals surface area contributed by atoms with Gasteiger partial charge < -0.3 is 15.3 Å². The molecule has 0 unspecified atom stereocenters. The number of anilines is 2. The van der Waals surface area contributed by atoms with Gasteiger partial charge in [0.1, 0.15) is 5.82 Å². The molecule has 2 aromatic rings. The normalized spacial score (nSPS) is 14.2. The maximum absolute atomic E-state index is 13.2. The van der Waals surface area contributed by atoms with Crippen LogP contribution in [0, 0.1) is 6.92 Å². The molecular weight excluding hydrogens is 356 g/mol. The standard InChI is InChI=1S/C18H19ClN4O3/c1-12-2-4-15(14(10-12)17(24)25)23(16-5-3-13(19)11-21-16)18(26)22-8-6-20-7-9-22/h2-5,10-11,20H,6-9H2,1H3,(H,24,25). The van der Waals surface area contributed by atoms with Gasteiger partial charge in [-0.1, -0.05) is 23.2 Å². The van der Waals surface area contributed by atoms with Gasteiger partial charge in [0, 0.05) is 32.4 Å². The number of hydrogen-bond acceptors (Lipinski definition) is 4. The molecule has 1 aromatic carbocycles. The highest BCUT2D eigenvalue weighted by Gasteiger charge is 2.29. The lowest BCUT2D eigenvalue weighted by atomic mass is 10.1. The summed E-state index contributed by atoms with van der Waals surface area (Å²) in [7, 11) is 0. The summed E-state index contributed by atoms with van der Waals surface area (Å²) < 4.78 is 0. The minimum atomic E-state index is -1.10. The van der Waals surface area contributed by atoms with Crippen LogP contribution in [0.5, 0.6) is 0 Å². The van der Waals surface area contributed by atoms with Crippen LogP contribution in [-0.2, 0) is 0 Å². The monoisotopic (exact) mass is 374 g/mol. The Hall–Kier alpha value is -2.64. The molecule has 26 heavy (non-hydrogen) atoms. The Labute approximate surface area is 156 Å². The molecule has 0 radical (unpaired) electrons. The quantitative estimate of drug-likeness (QED) is 0.862. The molecule has 2 heterocycles. The Morgan fingerprint density at radius 2 is 1.96 bits per heavy atom. The topological polar surface area (TPSA) is 85.8 Å². The summed E-state index contributed by atoms with van der Waals surface area (Å²) in [5, 5.41) is 13.2. The summed E-state index contributed by atoms with van der Waals surface area (Å²) in [6.45, 7) is 4.26. The molecule has 0 spiro atoms. The summed E-state index contributed by atoms with van der Waals surface area (Å²) in [6, 6.07) is 7.87. The number of amides is 2. The van der Waals surface area contributed by atoms with E-state index < -0.39 is 5.97 Å². The van der Waals surface area contributed by atoms with Gasteiger partial charge in [0.25, 0.3) is 0 Å². The second-order valence-corrected chi connectivity index (χ2v) is 6.45. The van der Waals surface area contributed by atoms with E-state index in [0.29, 0.717) is 37.0 Å².